The van der Waals surface area contributed by atoms with Crippen molar-refractivity contribution in [2.45, 2.75) is 57.5 Å². The molecule has 120 valence electrons. The van der Waals surface area contributed by atoms with Crippen LogP contribution in [0, 0.1) is 11.8 Å². The van der Waals surface area contributed by atoms with Gasteiger partial charge in [0.05, 0.1) is 5.92 Å². The van der Waals surface area contributed by atoms with Crippen molar-refractivity contribution in [2.24, 2.45) is 11.8 Å². The number of hydrogen-bond donors (Lipinski definition) is 0. The minimum atomic E-state index is -4.05. The Bertz CT molecular complexity index is 557. The van der Waals surface area contributed by atoms with Crippen molar-refractivity contribution in [1.29, 1.82) is 0 Å². The second kappa shape index (κ2) is 6.10. The summed E-state index contributed by atoms with van der Waals surface area (Å²) in [5, 5.41) is 0. The number of halogens is 3. The van der Waals surface area contributed by atoms with Crippen LogP contribution in [0.3, 0.4) is 0 Å². The molecule has 0 radical (unpaired) electrons. The van der Waals surface area contributed by atoms with Crippen LogP contribution in [0.25, 0.3) is 0 Å². The largest absolute Gasteiger partial charge is 0.392 e. The SMILES string of the molecule is C=CCCC1CCc2c(ccc3c2CCC(C(F)(F)F)C3)C1. The van der Waals surface area contributed by atoms with Gasteiger partial charge in [-0.05, 0) is 79.5 Å². The Hall–Kier alpha value is -1.25. The molecule has 22 heavy (non-hydrogen) atoms. The van der Waals surface area contributed by atoms with Gasteiger partial charge >= 0.3 is 6.18 Å². The molecule has 0 amide bonds. The first-order chi connectivity index (χ1) is 10.5. The topological polar surface area (TPSA) is 0 Å². The molecule has 0 bridgehead atoms. The standard InChI is InChI=1S/C19H23F3/c1-2-3-4-13-5-9-17-14(11-13)6-7-15-12-16(19(20,21)22)8-10-18(15)17/h2,6-7,13,16H,1,3-5,8-12H2. The van der Waals surface area contributed by atoms with Crippen molar-refractivity contribution in [3.63, 3.8) is 0 Å². The monoisotopic (exact) mass is 308 g/mol. The highest BCUT2D eigenvalue weighted by Crippen LogP contribution is 2.40. The van der Waals surface area contributed by atoms with E-state index in [0.717, 1.165) is 24.8 Å². The van der Waals surface area contributed by atoms with Crippen molar-refractivity contribution in [3.05, 3.63) is 47.0 Å². The van der Waals surface area contributed by atoms with Gasteiger partial charge in [0.25, 0.3) is 0 Å². The second-order valence-corrected chi connectivity index (χ2v) is 6.80. The van der Waals surface area contributed by atoms with E-state index in [4.69, 9.17) is 0 Å². The summed E-state index contributed by atoms with van der Waals surface area (Å²) in [5.74, 6) is -0.447. The molecule has 1 aromatic carbocycles. The zero-order valence-electron chi connectivity index (χ0n) is 12.9. The maximum absolute atomic E-state index is 12.9. The van der Waals surface area contributed by atoms with Gasteiger partial charge in [-0.2, -0.15) is 13.2 Å². The summed E-state index contributed by atoms with van der Waals surface area (Å²) in [6.07, 6.45) is 4.46. The zero-order chi connectivity index (χ0) is 15.7. The van der Waals surface area contributed by atoms with E-state index in [9.17, 15) is 13.2 Å². The van der Waals surface area contributed by atoms with E-state index < -0.39 is 12.1 Å². The molecule has 3 rings (SSSR count). The van der Waals surface area contributed by atoms with Gasteiger partial charge in [-0.15, -0.1) is 6.58 Å². The lowest BCUT2D eigenvalue weighted by atomic mass is 9.74. The number of rotatable bonds is 3. The molecule has 2 unspecified atom stereocenters. The molecule has 2 aliphatic rings. The van der Waals surface area contributed by atoms with Gasteiger partial charge in [-0.25, -0.2) is 0 Å². The first kappa shape index (κ1) is 15.6. The summed E-state index contributed by atoms with van der Waals surface area (Å²) in [6.45, 7) is 3.78. The minimum absolute atomic E-state index is 0.173. The maximum atomic E-state index is 12.9. The smallest absolute Gasteiger partial charge is 0.171 e. The van der Waals surface area contributed by atoms with Crippen LogP contribution in [0.5, 0.6) is 0 Å². The molecule has 0 saturated heterocycles. The van der Waals surface area contributed by atoms with Gasteiger partial charge in [0.2, 0.25) is 0 Å². The first-order valence-electron chi connectivity index (χ1n) is 8.29. The summed E-state index contributed by atoms with van der Waals surface area (Å²) >= 11 is 0. The Morgan fingerprint density at radius 3 is 2.32 bits per heavy atom. The predicted octanol–water partition coefficient (Wildman–Crippen LogP) is 5.42. The third-order valence-electron chi connectivity index (χ3n) is 5.39. The third kappa shape index (κ3) is 3.09. The van der Waals surface area contributed by atoms with Crippen LogP contribution < -0.4 is 0 Å². The van der Waals surface area contributed by atoms with Crippen LogP contribution in [0.2, 0.25) is 0 Å². The fourth-order valence-corrected chi connectivity index (χ4v) is 4.12. The number of fused-ring (bicyclic) bond motifs is 3. The summed E-state index contributed by atoms with van der Waals surface area (Å²) in [5.41, 5.74) is 4.93. The summed E-state index contributed by atoms with van der Waals surface area (Å²) in [4.78, 5) is 0. The van der Waals surface area contributed by atoms with Gasteiger partial charge in [-0.3, -0.25) is 0 Å². The van der Waals surface area contributed by atoms with Crippen LogP contribution in [0.1, 0.15) is 47.9 Å². The number of alkyl halides is 3. The molecule has 2 aliphatic carbocycles. The second-order valence-electron chi connectivity index (χ2n) is 6.80. The van der Waals surface area contributed by atoms with E-state index in [1.165, 1.54) is 29.5 Å². The van der Waals surface area contributed by atoms with Crippen molar-refractivity contribution in [3.8, 4) is 0 Å². The summed E-state index contributed by atoms with van der Waals surface area (Å²) < 4.78 is 38.8. The first-order valence-corrected chi connectivity index (χ1v) is 8.29. The molecule has 0 nitrogen and oxygen atoms in total. The molecule has 0 spiro atoms. The lowest BCUT2D eigenvalue weighted by molar-refractivity contribution is -0.177. The summed E-state index contributed by atoms with van der Waals surface area (Å²) in [6, 6.07) is 4.05. The molecule has 3 heteroatoms. The van der Waals surface area contributed by atoms with Gasteiger partial charge in [-0.1, -0.05) is 18.2 Å². The number of allylic oxidation sites excluding steroid dienone is 1. The average Bonchev–Trinajstić information content (AvgIpc) is 2.51. The van der Waals surface area contributed by atoms with Crippen LogP contribution in [0.4, 0.5) is 13.2 Å². The van der Waals surface area contributed by atoms with Crippen LogP contribution in [0.15, 0.2) is 24.8 Å². The molecule has 1 aromatic rings. The molecule has 0 heterocycles. The fourth-order valence-electron chi connectivity index (χ4n) is 4.12. The Morgan fingerprint density at radius 1 is 1.05 bits per heavy atom. The van der Waals surface area contributed by atoms with Gasteiger partial charge in [0.1, 0.15) is 0 Å². The van der Waals surface area contributed by atoms with E-state index in [1.54, 1.807) is 0 Å². The summed E-state index contributed by atoms with van der Waals surface area (Å²) in [7, 11) is 0. The average molecular weight is 308 g/mol. The Morgan fingerprint density at radius 2 is 1.68 bits per heavy atom. The quantitative estimate of drug-likeness (QED) is 0.654. The highest BCUT2D eigenvalue weighted by atomic mass is 19.4. The molecule has 0 aliphatic heterocycles. The van der Waals surface area contributed by atoms with E-state index in [1.807, 2.05) is 12.1 Å². The van der Waals surface area contributed by atoms with Crippen molar-refractivity contribution in [1.82, 2.24) is 0 Å². The van der Waals surface area contributed by atoms with Gasteiger partial charge in [0, 0.05) is 0 Å². The Kier molecular flexibility index (Phi) is 4.33. The van der Waals surface area contributed by atoms with Crippen molar-refractivity contribution >= 4 is 0 Å². The van der Waals surface area contributed by atoms with Crippen molar-refractivity contribution in [2.75, 3.05) is 0 Å². The van der Waals surface area contributed by atoms with E-state index in [2.05, 4.69) is 12.6 Å². The van der Waals surface area contributed by atoms with Crippen LogP contribution in [-0.2, 0) is 25.7 Å². The highest BCUT2D eigenvalue weighted by Gasteiger charge is 2.41. The molecular formula is C19H23F3. The van der Waals surface area contributed by atoms with Gasteiger partial charge in [0.15, 0.2) is 0 Å². The third-order valence-corrected chi connectivity index (χ3v) is 5.39. The molecule has 2 atom stereocenters. The lowest BCUT2D eigenvalue weighted by Crippen LogP contribution is -2.30. The fraction of sp³-hybridized carbons (Fsp3) is 0.579. The zero-order valence-corrected chi connectivity index (χ0v) is 12.9. The molecule has 0 N–H and O–H groups in total. The van der Waals surface area contributed by atoms with Crippen LogP contribution >= 0.6 is 0 Å². The molecular weight excluding hydrogens is 285 g/mol. The Balaban J connectivity index is 1.79. The molecule has 0 fully saturated rings. The van der Waals surface area contributed by atoms with E-state index in [-0.39, 0.29) is 12.8 Å². The van der Waals surface area contributed by atoms with Crippen molar-refractivity contribution < 1.29 is 13.2 Å². The van der Waals surface area contributed by atoms with Gasteiger partial charge < -0.3 is 0 Å². The van der Waals surface area contributed by atoms with E-state index in [0.29, 0.717) is 12.3 Å². The minimum Gasteiger partial charge on any atom is -0.171 e. The Labute approximate surface area is 130 Å². The van der Waals surface area contributed by atoms with E-state index >= 15 is 0 Å². The normalized spacial score (nSPS) is 24.5. The maximum Gasteiger partial charge on any atom is 0.392 e. The number of benzene rings is 1. The lowest BCUT2D eigenvalue weighted by Gasteiger charge is -2.32. The molecule has 0 aromatic heterocycles. The number of hydrogen-bond acceptors (Lipinski definition) is 0. The predicted molar refractivity (Wildman–Crippen MR) is 83.0 cm³/mol. The molecule has 0 saturated carbocycles. The highest BCUT2D eigenvalue weighted by molar-refractivity contribution is 5.44. The van der Waals surface area contributed by atoms with Crippen LogP contribution in [-0.4, -0.2) is 6.18 Å².